The molecule has 0 bridgehead atoms. The smallest absolute Gasteiger partial charge is 0.0994 e. The van der Waals surface area contributed by atoms with E-state index in [-0.39, 0.29) is 0 Å². The summed E-state index contributed by atoms with van der Waals surface area (Å²) in [5.74, 6) is 0.505. The van der Waals surface area contributed by atoms with E-state index in [1.807, 2.05) is 18.2 Å². The molecule has 0 aromatic heterocycles. The summed E-state index contributed by atoms with van der Waals surface area (Å²) in [7, 11) is 0. The van der Waals surface area contributed by atoms with Crippen molar-refractivity contribution in [1.29, 1.82) is 5.26 Å². The predicted molar refractivity (Wildman–Crippen MR) is 59.1 cm³/mol. The van der Waals surface area contributed by atoms with Crippen LogP contribution in [0, 0.1) is 11.3 Å². The minimum absolute atomic E-state index is 0.505. The summed E-state index contributed by atoms with van der Waals surface area (Å²) in [6, 6.07) is 10.2. The lowest BCUT2D eigenvalue weighted by Crippen LogP contribution is -1.96. The molecule has 0 radical (unpaired) electrons. The number of hydrogen-bond donors (Lipinski definition) is 0. The fraction of sp³-hybridized carbons (Fsp3) is 0.462. The number of benzene rings is 1. The molecule has 0 aliphatic carbocycles. The van der Waals surface area contributed by atoms with Gasteiger partial charge in [0, 0.05) is 0 Å². The second-order valence-corrected chi connectivity index (χ2v) is 3.74. The van der Waals surface area contributed by atoms with Crippen LogP contribution in [0.15, 0.2) is 24.3 Å². The van der Waals surface area contributed by atoms with E-state index in [1.54, 1.807) is 0 Å². The highest BCUT2D eigenvalue weighted by molar-refractivity contribution is 5.39. The first-order valence-electron chi connectivity index (χ1n) is 5.28. The van der Waals surface area contributed by atoms with Crippen molar-refractivity contribution in [3.63, 3.8) is 0 Å². The molecule has 0 spiro atoms. The number of unbranched alkanes of at least 4 members (excludes halogenated alkanes) is 1. The molecule has 1 heteroatoms. The number of nitriles is 1. The van der Waals surface area contributed by atoms with Gasteiger partial charge in [-0.15, -0.1) is 0 Å². The number of hydrogen-bond acceptors (Lipinski definition) is 1. The molecule has 1 aromatic carbocycles. The first-order chi connectivity index (χ1) is 6.79. The molecule has 14 heavy (non-hydrogen) atoms. The molecular weight excluding hydrogens is 170 g/mol. The van der Waals surface area contributed by atoms with Gasteiger partial charge in [-0.05, 0) is 24.0 Å². The maximum Gasteiger partial charge on any atom is 0.0994 e. The molecule has 1 nitrogen and oxygen atoms in total. The molecule has 74 valence electrons. The summed E-state index contributed by atoms with van der Waals surface area (Å²) in [4.78, 5) is 0. The van der Waals surface area contributed by atoms with E-state index in [0.717, 1.165) is 5.56 Å². The molecule has 1 atom stereocenters. The van der Waals surface area contributed by atoms with E-state index < -0.39 is 0 Å². The Morgan fingerprint density at radius 1 is 1.36 bits per heavy atom. The standard InChI is InChI=1S/C13H17N/c1-3-4-7-11(2)13-9-6-5-8-12(13)10-14/h5-6,8-9,11H,3-4,7H2,1-2H3. The van der Waals surface area contributed by atoms with Gasteiger partial charge in [0.2, 0.25) is 0 Å². The van der Waals surface area contributed by atoms with Crippen molar-refractivity contribution in [3.05, 3.63) is 35.4 Å². The van der Waals surface area contributed by atoms with Gasteiger partial charge < -0.3 is 0 Å². The minimum Gasteiger partial charge on any atom is -0.192 e. The zero-order valence-electron chi connectivity index (χ0n) is 8.96. The monoisotopic (exact) mass is 187 g/mol. The quantitative estimate of drug-likeness (QED) is 0.702. The summed E-state index contributed by atoms with van der Waals surface area (Å²) >= 11 is 0. The molecule has 0 aliphatic heterocycles. The van der Waals surface area contributed by atoms with E-state index in [1.165, 1.54) is 24.8 Å². The Bertz CT molecular complexity index is 322. The second-order valence-electron chi connectivity index (χ2n) is 3.74. The van der Waals surface area contributed by atoms with Gasteiger partial charge in [-0.25, -0.2) is 0 Å². The van der Waals surface area contributed by atoms with Crippen molar-refractivity contribution in [2.45, 2.75) is 39.0 Å². The van der Waals surface area contributed by atoms with E-state index >= 15 is 0 Å². The van der Waals surface area contributed by atoms with Crippen LogP contribution >= 0.6 is 0 Å². The molecule has 0 aliphatic rings. The SMILES string of the molecule is CCCCC(C)c1ccccc1C#N. The lowest BCUT2D eigenvalue weighted by molar-refractivity contribution is 0.623. The highest BCUT2D eigenvalue weighted by Gasteiger charge is 2.08. The third-order valence-corrected chi connectivity index (χ3v) is 2.60. The topological polar surface area (TPSA) is 23.8 Å². The molecule has 0 fully saturated rings. The van der Waals surface area contributed by atoms with Gasteiger partial charge in [0.15, 0.2) is 0 Å². The molecule has 0 saturated heterocycles. The summed E-state index contributed by atoms with van der Waals surface area (Å²) in [6.07, 6.45) is 3.63. The Balaban J connectivity index is 2.79. The van der Waals surface area contributed by atoms with Crippen molar-refractivity contribution >= 4 is 0 Å². The fourth-order valence-corrected chi connectivity index (χ4v) is 1.69. The molecule has 1 aromatic rings. The fourth-order valence-electron chi connectivity index (χ4n) is 1.69. The maximum absolute atomic E-state index is 8.94. The Morgan fingerprint density at radius 2 is 2.07 bits per heavy atom. The first kappa shape index (κ1) is 10.8. The molecule has 1 unspecified atom stereocenters. The van der Waals surface area contributed by atoms with Gasteiger partial charge in [0.1, 0.15) is 0 Å². The average molecular weight is 187 g/mol. The normalized spacial score (nSPS) is 12.1. The zero-order chi connectivity index (χ0) is 10.4. The van der Waals surface area contributed by atoms with E-state index in [4.69, 9.17) is 5.26 Å². The van der Waals surface area contributed by atoms with Gasteiger partial charge in [-0.3, -0.25) is 0 Å². The van der Waals surface area contributed by atoms with Crippen LogP contribution < -0.4 is 0 Å². The van der Waals surface area contributed by atoms with Crippen LogP contribution in [0.3, 0.4) is 0 Å². The third-order valence-electron chi connectivity index (χ3n) is 2.60. The summed E-state index contributed by atoms with van der Waals surface area (Å²) in [5.41, 5.74) is 2.03. The van der Waals surface area contributed by atoms with Crippen molar-refractivity contribution in [3.8, 4) is 6.07 Å². The Labute approximate surface area is 86.4 Å². The zero-order valence-corrected chi connectivity index (χ0v) is 8.96. The molecular formula is C13H17N. The number of nitrogens with zero attached hydrogens (tertiary/aromatic N) is 1. The molecule has 0 heterocycles. The van der Waals surface area contributed by atoms with Crippen LogP contribution in [0.1, 0.15) is 50.2 Å². The molecule has 0 saturated carbocycles. The lowest BCUT2D eigenvalue weighted by atomic mass is 9.92. The van der Waals surface area contributed by atoms with Gasteiger partial charge in [0.25, 0.3) is 0 Å². The van der Waals surface area contributed by atoms with E-state index in [2.05, 4.69) is 26.0 Å². The highest BCUT2D eigenvalue weighted by atomic mass is 14.2. The first-order valence-corrected chi connectivity index (χ1v) is 5.28. The second kappa shape index (κ2) is 5.44. The largest absolute Gasteiger partial charge is 0.192 e. The predicted octanol–water partition coefficient (Wildman–Crippen LogP) is 3.85. The minimum atomic E-state index is 0.505. The van der Waals surface area contributed by atoms with E-state index in [0.29, 0.717) is 5.92 Å². The summed E-state index contributed by atoms with van der Waals surface area (Å²) < 4.78 is 0. The Hall–Kier alpha value is -1.29. The summed E-state index contributed by atoms with van der Waals surface area (Å²) in [5, 5.41) is 8.94. The molecule has 0 amide bonds. The summed E-state index contributed by atoms with van der Waals surface area (Å²) in [6.45, 7) is 4.40. The van der Waals surface area contributed by atoms with Crippen LogP contribution in [0.5, 0.6) is 0 Å². The third kappa shape index (κ3) is 2.60. The lowest BCUT2D eigenvalue weighted by Gasteiger charge is -2.12. The van der Waals surface area contributed by atoms with Crippen LogP contribution in [0.2, 0.25) is 0 Å². The highest BCUT2D eigenvalue weighted by Crippen LogP contribution is 2.24. The van der Waals surface area contributed by atoms with Gasteiger partial charge in [-0.1, -0.05) is 44.9 Å². The van der Waals surface area contributed by atoms with Crippen LogP contribution in [0.4, 0.5) is 0 Å². The van der Waals surface area contributed by atoms with Gasteiger partial charge >= 0.3 is 0 Å². The van der Waals surface area contributed by atoms with Crippen LogP contribution in [0.25, 0.3) is 0 Å². The Morgan fingerprint density at radius 3 is 2.71 bits per heavy atom. The van der Waals surface area contributed by atoms with Crippen molar-refractivity contribution in [1.82, 2.24) is 0 Å². The Kier molecular flexibility index (Phi) is 4.19. The van der Waals surface area contributed by atoms with Crippen molar-refractivity contribution in [2.75, 3.05) is 0 Å². The number of rotatable bonds is 4. The maximum atomic E-state index is 8.94. The molecule has 0 N–H and O–H groups in total. The van der Waals surface area contributed by atoms with Gasteiger partial charge in [0.05, 0.1) is 11.6 Å². The van der Waals surface area contributed by atoms with Crippen LogP contribution in [-0.4, -0.2) is 0 Å². The van der Waals surface area contributed by atoms with Crippen molar-refractivity contribution in [2.24, 2.45) is 0 Å². The van der Waals surface area contributed by atoms with Gasteiger partial charge in [-0.2, -0.15) is 5.26 Å². The van der Waals surface area contributed by atoms with Crippen LogP contribution in [-0.2, 0) is 0 Å². The molecule has 1 rings (SSSR count). The average Bonchev–Trinajstić information content (AvgIpc) is 2.25. The van der Waals surface area contributed by atoms with Crippen molar-refractivity contribution < 1.29 is 0 Å². The van der Waals surface area contributed by atoms with E-state index in [9.17, 15) is 0 Å².